The molecule has 22 heavy (non-hydrogen) atoms. The zero-order valence-electron chi connectivity index (χ0n) is 14.3. The molecule has 1 unspecified atom stereocenters. The van der Waals surface area contributed by atoms with Crippen LogP contribution < -0.4 is 0 Å². The summed E-state index contributed by atoms with van der Waals surface area (Å²) in [5.74, 6) is 0.0249. The van der Waals surface area contributed by atoms with Gasteiger partial charge in [-0.2, -0.15) is 0 Å². The molecule has 1 saturated heterocycles. The molecule has 0 aromatic rings. The zero-order valence-corrected chi connectivity index (χ0v) is 14.3. The first-order valence-electron chi connectivity index (χ1n) is 8.45. The first-order valence-corrected chi connectivity index (χ1v) is 8.45. The lowest BCUT2D eigenvalue weighted by Gasteiger charge is -2.38. The molecule has 4 heteroatoms. The maximum atomic E-state index is 11.9. The van der Waals surface area contributed by atoms with Crippen molar-refractivity contribution >= 4 is 5.97 Å². The fourth-order valence-electron chi connectivity index (χ4n) is 4.88. The standard InChI is InChI=1S/C18H28O4/c1-10(9-19)6-13-8-15(20)22-18(13)12(3)16-14(21-18)7-11(2)17(16,4)5/h8,10-12,14,16,19H,6-7,9H2,1-5H3/t10-,11?,12+,14+,16+,18-/m1/s1. The summed E-state index contributed by atoms with van der Waals surface area (Å²) in [5, 5.41) is 9.34. The van der Waals surface area contributed by atoms with E-state index in [4.69, 9.17) is 9.47 Å². The smallest absolute Gasteiger partial charge is 0.333 e. The van der Waals surface area contributed by atoms with E-state index < -0.39 is 5.79 Å². The van der Waals surface area contributed by atoms with Crippen molar-refractivity contribution in [3.63, 3.8) is 0 Å². The van der Waals surface area contributed by atoms with Crippen LogP contribution in [0.5, 0.6) is 0 Å². The van der Waals surface area contributed by atoms with Crippen LogP contribution in [-0.4, -0.2) is 29.6 Å². The molecular weight excluding hydrogens is 280 g/mol. The summed E-state index contributed by atoms with van der Waals surface area (Å²) in [6.07, 6.45) is 3.39. The number of carbonyl (C=O) groups excluding carboxylic acids is 1. The summed E-state index contributed by atoms with van der Waals surface area (Å²) in [6.45, 7) is 11.1. The van der Waals surface area contributed by atoms with Crippen molar-refractivity contribution in [1.29, 1.82) is 0 Å². The molecule has 0 radical (unpaired) electrons. The van der Waals surface area contributed by atoms with E-state index in [1.54, 1.807) is 6.08 Å². The Labute approximate surface area is 132 Å². The van der Waals surface area contributed by atoms with Crippen LogP contribution in [0.15, 0.2) is 11.6 Å². The van der Waals surface area contributed by atoms with Gasteiger partial charge in [0.1, 0.15) is 0 Å². The number of ether oxygens (including phenoxy) is 2. The number of esters is 1. The number of aliphatic hydroxyl groups excluding tert-OH is 1. The minimum absolute atomic E-state index is 0.0980. The van der Waals surface area contributed by atoms with Gasteiger partial charge in [-0.15, -0.1) is 0 Å². The van der Waals surface area contributed by atoms with Crippen molar-refractivity contribution in [2.75, 3.05) is 6.61 Å². The third kappa shape index (κ3) is 2.07. The van der Waals surface area contributed by atoms with Crippen LogP contribution in [0.3, 0.4) is 0 Å². The Kier molecular flexibility index (Phi) is 3.69. The number of carbonyl (C=O) groups is 1. The molecule has 0 bridgehead atoms. The van der Waals surface area contributed by atoms with Gasteiger partial charge in [0.2, 0.25) is 5.79 Å². The van der Waals surface area contributed by atoms with Gasteiger partial charge in [-0.25, -0.2) is 4.79 Å². The molecular formula is C18H28O4. The van der Waals surface area contributed by atoms with Gasteiger partial charge in [-0.05, 0) is 36.0 Å². The number of rotatable bonds is 3. The van der Waals surface area contributed by atoms with E-state index in [-0.39, 0.29) is 35.9 Å². The molecule has 124 valence electrons. The second-order valence-corrected chi connectivity index (χ2v) is 8.18. The summed E-state index contributed by atoms with van der Waals surface area (Å²) in [4.78, 5) is 11.9. The maximum absolute atomic E-state index is 11.9. The molecule has 0 amide bonds. The van der Waals surface area contributed by atoms with Gasteiger partial charge in [0.25, 0.3) is 0 Å². The molecule has 2 fully saturated rings. The van der Waals surface area contributed by atoms with Crippen molar-refractivity contribution in [2.45, 2.75) is 59.4 Å². The van der Waals surface area contributed by atoms with Gasteiger partial charge in [0.15, 0.2) is 0 Å². The quantitative estimate of drug-likeness (QED) is 0.815. The predicted octanol–water partition coefficient (Wildman–Crippen LogP) is 2.90. The minimum Gasteiger partial charge on any atom is -0.425 e. The summed E-state index contributed by atoms with van der Waals surface area (Å²) in [5.41, 5.74) is 1.08. The lowest BCUT2D eigenvalue weighted by Crippen LogP contribution is -2.42. The largest absolute Gasteiger partial charge is 0.425 e. The topological polar surface area (TPSA) is 55.8 Å². The van der Waals surface area contributed by atoms with Crippen LogP contribution in [0.4, 0.5) is 0 Å². The molecule has 0 aromatic carbocycles. The highest BCUT2D eigenvalue weighted by atomic mass is 16.7. The lowest BCUT2D eigenvalue weighted by atomic mass is 9.69. The summed E-state index contributed by atoms with van der Waals surface area (Å²) >= 11 is 0. The van der Waals surface area contributed by atoms with Gasteiger partial charge in [-0.1, -0.05) is 34.6 Å². The molecule has 4 nitrogen and oxygen atoms in total. The molecule has 3 aliphatic rings. The fourth-order valence-corrected chi connectivity index (χ4v) is 4.88. The first kappa shape index (κ1) is 16.0. The van der Waals surface area contributed by atoms with Gasteiger partial charge < -0.3 is 14.6 Å². The number of hydrogen-bond donors (Lipinski definition) is 1. The van der Waals surface area contributed by atoms with Crippen molar-refractivity contribution in [3.8, 4) is 0 Å². The maximum Gasteiger partial charge on any atom is 0.333 e. The highest BCUT2D eigenvalue weighted by Crippen LogP contribution is 2.62. The van der Waals surface area contributed by atoms with E-state index in [2.05, 4.69) is 27.7 Å². The normalized spacial score (nSPS) is 44.1. The van der Waals surface area contributed by atoms with Crippen molar-refractivity contribution < 1.29 is 19.4 Å². The molecule has 1 N–H and O–H groups in total. The Hall–Kier alpha value is -0.870. The predicted molar refractivity (Wildman–Crippen MR) is 82.9 cm³/mol. The highest BCUT2D eigenvalue weighted by molar-refractivity contribution is 5.86. The van der Waals surface area contributed by atoms with E-state index in [1.165, 1.54) is 0 Å². The second-order valence-electron chi connectivity index (χ2n) is 8.18. The minimum atomic E-state index is -0.896. The summed E-state index contributed by atoms with van der Waals surface area (Å²) in [7, 11) is 0. The average Bonchev–Trinajstić information content (AvgIpc) is 2.96. The average molecular weight is 308 g/mol. The van der Waals surface area contributed by atoms with Gasteiger partial charge >= 0.3 is 5.97 Å². The van der Waals surface area contributed by atoms with Crippen molar-refractivity contribution in [1.82, 2.24) is 0 Å². The van der Waals surface area contributed by atoms with Crippen LogP contribution in [-0.2, 0) is 14.3 Å². The number of hydrogen-bond acceptors (Lipinski definition) is 4. The molecule has 6 atom stereocenters. The number of fused-ring (bicyclic) bond motifs is 1. The summed E-state index contributed by atoms with van der Waals surface area (Å²) < 4.78 is 12.1. The lowest BCUT2D eigenvalue weighted by molar-refractivity contribution is -0.208. The van der Waals surface area contributed by atoms with Gasteiger partial charge in [-0.3, -0.25) is 0 Å². The van der Waals surface area contributed by atoms with E-state index in [0.29, 0.717) is 18.3 Å². The van der Waals surface area contributed by atoms with Crippen LogP contribution in [0.25, 0.3) is 0 Å². The van der Waals surface area contributed by atoms with Crippen LogP contribution in [0.1, 0.15) is 47.5 Å². The van der Waals surface area contributed by atoms with Gasteiger partial charge in [0.05, 0.1) is 6.10 Å². The Morgan fingerprint density at radius 3 is 2.68 bits per heavy atom. The first-order chi connectivity index (χ1) is 10.2. The molecule has 0 aromatic heterocycles. The second kappa shape index (κ2) is 5.07. The zero-order chi connectivity index (χ0) is 16.3. The molecule has 3 rings (SSSR count). The van der Waals surface area contributed by atoms with Crippen molar-refractivity contribution in [3.05, 3.63) is 11.6 Å². The molecule has 2 aliphatic heterocycles. The van der Waals surface area contributed by atoms with Crippen molar-refractivity contribution in [2.24, 2.45) is 29.1 Å². The molecule has 2 heterocycles. The van der Waals surface area contributed by atoms with E-state index in [1.807, 2.05) is 6.92 Å². The van der Waals surface area contributed by atoms with Crippen LogP contribution >= 0.6 is 0 Å². The highest BCUT2D eigenvalue weighted by Gasteiger charge is 2.66. The van der Waals surface area contributed by atoms with Gasteiger partial charge in [0, 0.05) is 24.2 Å². The molecule has 1 spiro atoms. The van der Waals surface area contributed by atoms with E-state index in [9.17, 15) is 9.90 Å². The Balaban J connectivity index is 1.92. The number of aliphatic hydroxyl groups is 1. The summed E-state index contributed by atoms with van der Waals surface area (Å²) in [6, 6.07) is 0. The monoisotopic (exact) mass is 308 g/mol. The van der Waals surface area contributed by atoms with E-state index >= 15 is 0 Å². The third-order valence-electron chi connectivity index (χ3n) is 6.45. The fraction of sp³-hybridized carbons (Fsp3) is 0.833. The molecule has 1 aliphatic carbocycles. The van der Waals surface area contributed by atoms with Crippen LogP contribution in [0, 0.1) is 29.1 Å². The van der Waals surface area contributed by atoms with Crippen LogP contribution in [0.2, 0.25) is 0 Å². The SMILES string of the molecule is CC1C[C@@H]2O[C@@]3(OC(=O)C=C3C[C@@H](C)CO)[C@@H](C)[C@@H]2C1(C)C. The Morgan fingerprint density at radius 2 is 2.09 bits per heavy atom. The Bertz CT molecular complexity index is 509. The third-order valence-corrected chi connectivity index (χ3v) is 6.45. The van der Waals surface area contributed by atoms with E-state index in [0.717, 1.165) is 12.0 Å². The Morgan fingerprint density at radius 1 is 1.41 bits per heavy atom. The molecule has 1 saturated carbocycles.